The number of carbonyl (C=O) groups is 1. The van der Waals surface area contributed by atoms with E-state index in [0.29, 0.717) is 0 Å². The van der Waals surface area contributed by atoms with Crippen molar-refractivity contribution in [2.45, 2.75) is 53.0 Å². The Kier molecular flexibility index (Phi) is 5.87. The summed E-state index contributed by atoms with van der Waals surface area (Å²) in [5.41, 5.74) is 8.24. The van der Waals surface area contributed by atoms with E-state index in [9.17, 15) is 4.79 Å². The Labute approximate surface area is 116 Å². The summed E-state index contributed by atoms with van der Waals surface area (Å²) in [7, 11) is 0. The molecule has 1 rings (SSSR count). The molecular formula is C16H26N2O. The second kappa shape index (κ2) is 7.17. The number of amides is 1. The van der Waals surface area contributed by atoms with Crippen LogP contribution in [-0.2, 0) is 0 Å². The van der Waals surface area contributed by atoms with Crippen LogP contribution in [-0.4, -0.2) is 23.4 Å². The summed E-state index contributed by atoms with van der Waals surface area (Å²) >= 11 is 0. The maximum absolute atomic E-state index is 12.6. The molecule has 1 amide bonds. The number of carbonyl (C=O) groups excluding carboxylic acids is 1. The first kappa shape index (κ1) is 15.5. The molecule has 0 spiro atoms. The number of hydrogen-bond donors (Lipinski definition) is 1. The van der Waals surface area contributed by atoms with Crippen molar-refractivity contribution in [3.8, 4) is 0 Å². The molecule has 0 radical (unpaired) electrons. The predicted octanol–water partition coefficient (Wildman–Crippen LogP) is 3.62. The highest BCUT2D eigenvalue weighted by molar-refractivity contribution is 5.95. The zero-order chi connectivity index (χ0) is 14.4. The quantitative estimate of drug-likeness (QED) is 0.796. The maximum Gasteiger partial charge on any atom is 0.254 e. The minimum absolute atomic E-state index is 0.117. The maximum atomic E-state index is 12.6. The standard InChI is InChI=1S/C16H26N2O/c1-5-7-10-18(13(4)6-2)16(19)14-8-9-15(17)12(3)11-14/h8-9,11,13H,5-7,10,17H2,1-4H3. The number of anilines is 1. The number of aryl methyl sites for hydroxylation is 1. The largest absolute Gasteiger partial charge is 0.399 e. The van der Waals surface area contributed by atoms with Gasteiger partial charge in [-0.15, -0.1) is 0 Å². The fraction of sp³-hybridized carbons (Fsp3) is 0.562. The molecule has 106 valence electrons. The highest BCUT2D eigenvalue weighted by Gasteiger charge is 2.20. The summed E-state index contributed by atoms with van der Waals surface area (Å²) in [6, 6.07) is 5.80. The average Bonchev–Trinajstić information content (AvgIpc) is 2.41. The summed E-state index contributed by atoms with van der Waals surface area (Å²) in [5.74, 6) is 0.117. The van der Waals surface area contributed by atoms with E-state index in [0.717, 1.165) is 42.6 Å². The molecule has 0 saturated heterocycles. The van der Waals surface area contributed by atoms with Gasteiger partial charge in [-0.05, 0) is 50.5 Å². The Morgan fingerprint density at radius 3 is 2.58 bits per heavy atom. The van der Waals surface area contributed by atoms with E-state index in [-0.39, 0.29) is 11.9 Å². The molecule has 1 aromatic carbocycles. The lowest BCUT2D eigenvalue weighted by atomic mass is 10.1. The molecule has 3 nitrogen and oxygen atoms in total. The minimum Gasteiger partial charge on any atom is -0.399 e. The Bertz CT molecular complexity index is 429. The summed E-state index contributed by atoms with van der Waals surface area (Å²) in [5, 5.41) is 0. The first-order valence-electron chi connectivity index (χ1n) is 7.18. The van der Waals surface area contributed by atoms with E-state index in [1.54, 1.807) is 0 Å². The Morgan fingerprint density at radius 1 is 1.37 bits per heavy atom. The molecule has 1 unspecified atom stereocenters. The number of benzene rings is 1. The molecule has 1 atom stereocenters. The molecule has 1 aromatic rings. The third-order valence-corrected chi connectivity index (χ3v) is 3.65. The van der Waals surface area contributed by atoms with Crippen LogP contribution in [0.2, 0.25) is 0 Å². The average molecular weight is 262 g/mol. The van der Waals surface area contributed by atoms with Gasteiger partial charge in [0.15, 0.2) is 0 Å². The number of unbranched alkanes of at least 4 members (excludes halogenated alkanes) is 1. The molecule has 0 bridgehead atoms. The number of rotatable bonds is 6. The van der Waals surface area contributed by atoms with E-state index in [1.807, 2.05) is 30.0 Å². The van der Waals surface area contributed by atoms with Gasteiger partial charge in [0, 0.05) is 23.8 Å². The number of nitrogen functional groups attached to an aromatic ring is 1. The first-order chi connectivity index (χ1) is 9.01. The Hall–Kier alpha value is -1.51. The molecule has 0 aliphatic heterocycles. The van der Waals surface area contributed by atoms with Gasteiger partial charge in [0.1, 0.15) is 0 Å². The second-order valence-electron chi connectivity index (χ2n) is 5.18. The van der Waals surface area contributed by atoms with Crippen LogP contribution in [0.5, 0.6) is 0 Å². The molecule has 0 heterocycles. The molecule has 0 aliphatic rings. The van der Waals surface area contributed by atoms with Crippen molar-refractivity contribution in [3.05, 3.63) is 29.3 Å². The zero-order valence-electron chi connectivity index (χ0n) is 12.6. The number of nitrogens with zero attached hydrogens (tertiary/aromatic N) is 1. The Balaban J connectivity index is 2.94. The molecule has 0 fully saturated rings. The fourth-order valence-corrected chi connectivity index (χ4v) is 2.05. The fourth-order valence-electron chi connectivity index (χ4n) is 2.05. The lowest BCUT2D eigenvalue weighted by molar-refractivity contribution is 0.0685. The third-order valence-electron chi connectivity index (χ3n) is 3.65. The molecule has 0 aromatic heterocycles. The van der Waals surface area contributed by atoms with Crippen LogP contribution >= 0.6 is 0 Å². The zero-order valence-corrected chi connectivity index (χ0v) is 12.6. The summed E-state index contributed by atoms with van der Waals surface area (Å²) in [4.78, 5) is 14.6. The van der Waals surface area contributed by atoms with Gasteiger partial charge in [0.05, 0.1) is 0 Å². The minimum atomic E-state index is 0.117. The van der Waals surface area contributed by atoms with E-state index < -0.39 is 0 Å². The van der Waals surface area contributed by atoms with Crippen LogP contribution in [0.4, 0.5) is 5.69 Å². The SMILES string of the molecule is CCCCN(C(=O)c1ccc(N)c(C)c1)C(C)CC. The second-order valence-corrected chi connectivity index (χ2v) is 5.18. The van der Waals surface area contributed by atoms with Gasteiger partial charge in [0.2, 0.25) is 0 Å². The van der Waals surface area contributed by atoms with Gasteiger partial charge >= 0.3 is 0 Å². The van der Waals surface area contributed by atoms with Crippen molar-refractivity contribution in [2.24, 2.45) is 0 Å². The molecule has 0 aliphatic carbocycles. The van der Waals surface area contributed by atoms with Crippen LogP contribution in [0.1, 0.15) is 56.0 Å². The molecule has 3 heteroatoms. The van der Waals surface area contributed by atoms with Crippen LogP contribution < -0.4 is 5.73 Å². The number of hydrogen-bond acceptors (Lipinski definition) is 2. The predicted molar refractivity (Wildman–Crippen MR) is 81.3 cm³/mol. The van der Waals surface area contributed by atoms with Crippen LogP contribution in [0, 0.1) is 6.92 Å². The highest BCUT2D eigenvalue weighted by atomic mass is 16.2. The van der Waals surface area contributed by atoms with Gasteiger partial charge in [0.25, 0.3) is 5.91 Å². The van der Waals surface area contributed by atoms with Crippen LogP contribution in [0.15, 0.2) is 18.2 Å². The van der Waals surface area contributed by atoms with Crippen LogP contribution in [0.3, 0.4) is 0 Å². The topological polar surface area (TPSA) is 46.3 Å². The lowest BCUT2D eigenvalue weighted by Crippen LogP contribution is -2.39. The van der Waals surface area contributed by atoms with Crippen molar-refractivity contribution in [2.75, 3.05) is 12.3 Å². The molecule has 19 heavy (non-hydrogen) atoms. The smallest absolute Gasteiger partial charge is 0.254 e. The van der Waals surface area contributed by atoms with Crippen molar-refractivity contribution >= 4 is 11.6 Å². The molecule has 2 N–H and O–H groups in total. The van der Waals surface area contributed by atoms with E-state index in [4.69, 9.17) is 5.73 Å². The monoisotopic (exact) mass is 262 g/mol. The summed E-state index contributed by atoms with van der Waals surface area (Å²) in [6.45, 7) is 9.13. The van der Waals surface area contributed by atoms with Gasteiger partial charge < -0.3 is 10.6 Å². The van der Waals surface area contributed by atoms with Gasteiger partial charge in [-0.3, -0.25) is 4.79 Å². The summed E-state index contributed by atoms with van der Waals surface area (Å²) < 4.78 is 0. The van der Waals surface area contributed by atoms with E-state index in [2.05, 4.69) is 20.8 Å². The van der Waals surface area contributed by atoms with Gasteiger partial charge in [-0.2, -0.15) is 0 Å². The first-order valence-corrected chi connectivity index (χ1v) is 7.18. The lowest BCUT2D eigenvalue weighted by Gasteiger charge is -2.29. The van der Waals surface area contributed by atoms with Crippen LogP contribution in [0.25, 0.3) is 0 Å². The van der Waals surface area contributed by atoms with Crippen molar-refractivity contribution in [3.63, 3.8) is 0 Å². The third kappa shape index (κ3) is 3.98. The molecule has 0 saturated carbocycles. The summed E-state index contributed by atoms with van der Waals surface area (Å²) in [6.07, 6.45) is 3.12. The van der Waals surface area contributed by atoms with E-state index >= 15 is 0 Å². The highest BCUT2D eigenvalue weighted by Crippen LogP contribution is 2.17. The van der Waals surface area contributed by atoms with E-state index in [1.165, 1.54) is 0 Å². The van der Waals surface area contributed by atoms with Crippen molar-refractivity contribution in [1.82, 2.24) is 4.90 Å². The van der Waals surface area contributed by atoms with Gasteiger partial charge in [-0.25, -0.2) is 0 Å². The Morgan fingerprint density at radius 2 is 2.05 bits per heavy atom. The molecular weight excluding hydrogens is 236 g/mol. The number of nitrogens with two attached hydrogens (primary N) is 1. The van der Waals surface area contributed by atoms with Gasteiger partial charge in [-0.1, -0.05) is 20.3 Å². The van der Waals surface area contributed by atoms with Crippen molar-refractivity contribution in [1.29, 1.82) is 0 Å². The van der Waals surface area contributed by atoms with Crippen molar-refractivity contribution < 1.29 is 4.79 Å². The normalized spacial score (nSPS) is 12.2.